The summed E-state index contributed by atoms with van der Waals surface area (Å²) < 4.78 is 7.43. The number of amides is 2. The van der Waals surface area contributed by atoms with Crippen LogP contribution in [-0.4, -0.2) is 63.5 Å². The van der Waals surface area contributed by atoms with E-state index in [4.69, 9.17) is 4.74 Å². The largest absolute Gasteiger partial charge is 0.377 e. The zero-order chi connectivity index (χ0) is 19.7. The van der Waals surface area contributed by atoms with Crippen molar-refractivity contribution >= 4 is 11.8 Å². The number of fused-ring (bicyclic) bond motifs is 1. The molecule has 0 unspecified atom stereocenters. The van der Waals surface area contributed by atoms with Gasteiger partial charge in [-0.05, 0) is 24.1 Å². The minimum absolute atomic E-state index is 0.00500. The van der Waals surface area contributed by atoms with E-state index in [-0.39, 0.29) is 17.9 Å². The van der Waals surface area contributed by atoms with Gasteiger partial charge in [0.25, 0.3) is 11.8 Å². The second-order valence-electron chi connectivity index (χ2n) is 7.47. The Hall–Kier alpha value is -2.67. The number of rotatable bonds is 5. The third kappa shape index (κ3) is 3.42. The zero-order valence-corrected chi connectivity index (χ0v) is 16.4. The first kappa shape index (κ1) is 18.7. The molecule has 0 saturated carbocycles. The summed E-state index contributed by atoms with van der Waals surface area (Å²) in [5, 5.41) is 0. The fourth-order valence-electron chi connectivity index (χ4n) is 4.03. The number of hydrogen-bond acceptors (Lipinski definition) is 4. The maximum Gasteiger partial charge on any atom is 0.254 e. The lowest BCUT2D eigenvalue weighted by molar-refractivity contribution is -0.00287. The average molecular weight is 382 g/mol. The number of carbonyl (C=O) groups is 2. The molecule has 148 valence electrons. The minimum Gasteiger partial charge on any atom is -0.377 e. The van der Waals surface area contributed by atoms with Gasteiger partial charge in [-0.25, -0.2) is 4.98 Å². The number of ether oxygens (including phenoxy) is 1. The normalized spacial score (nSPS) is 19.2. The molecule has 1 aromatic carbocycles. The van der Waals surface area contributed by atoms with E-state index in [1.165, 1.54) is 0 Å². The third-order valence-electron chi connectivity index (χ3n) is 5.63. The van der Waals surface area contributed by atoms with Crippen molar-refractivity contribution in [2.45, 2.75) is 32.4 Å². The van der Waals surface area contributed by atoms with Gasteiger partial charge < -0.3 is 19.1 Å². The molecule has 28 heavy (non-hydrogen) atoms. The van der Waals surface area contributed by atoms with Crippen LogP contribution in [0.2, 0.25) is 0 Å². The summed E-state index contributed by atoms with van der Waals surface area (Å²) in [4.78, 5) is 34.1. The number of imidazole rings is 1. The van der Waals surface area contributed by atoms with E-state index in [0.29, 0.717) is 50.4 Å². The first-order valence-electron chi connectivity index (χ1n) is 9.85. The number of aromatic nitrogens is 2. The first-order valence-corrected chi connectivity index (χ1v) is 9.85. The molecule has 1 fully saturated rings. The highest BCUT2D eigenvalue weighted by Gasteiger charge is 2.34. The van der Waals surface area contributed by atoms with E-state index in [0.717, 1.165) is 17.7 Å². The van der Waals surface area contributed by atoms with Gasteiger partial charge in [0.05, 0.1) is 31.3 Å². The fourth-order valence-corrected chi connectivity index (χ4v) is 4.03. The predicted octanol–water partition coefficient (Wildman–Crippen LogP) is 1.87. The van der Waals surface area contributed by atoms with Crippen molar-refractivity contribution in [3.05, 3.63) is 53.1 Å². The van der Waals surface area contributed by atoms with Crippen LogP contribution in [0.4, 0.5) is 0 Å². The lowest BCUT2D eigenvalue weighted by atomic mass is 10.0. The molecule has 2 aromatic rings. The molecule has 4 rings (SSSR count). The van der Waals surface area contributed by atoms with Gasteiger partial charge in [0.1, 0.15) is 0 Å². The zero-order valence-electron chi connectivity index (χ0n) is 16.4. The Balaban J connectivity index is 1.53. The van der Waals surface area contributed by atoms with E-state index >= 15 is 0 Å². The number of morpholine rings is 1. The van der Waals surface area contributed by atoms with Crippen molar-refractivity contribution in [1.82, 2.24) is 19.4 Å². The summed E-state index contributed by atoms with van der Waals surface area (Å²) in [5.41, 5.74) is 3.10. The standard InChI is InChI=1S/C21H26N4O3/c1-3-16-13-28-10-9-25(16)21(27)18-6-4-5-17-19(18)12-24(20(17)26)8-7-15-11-23(2)14-22-15/h4-6,11,14,16H,3,7-10,12-13H2,1-2H3/t16-/m0/s1. The molecule has 0 N–H and O–H groups in total. The molecule has 2 amide bonds. The number of carbonyl (C=O) groups excluding carboxylic acids is 2. The number of hydrogen-bond donors (Lipinski definition) is 0. The molecule has 0 spiro atoms. The molecule has 1 saturated heterocycles. The summed E-state index contributed by atoms with van der Waals surface area (Å²) in [7, 11) is 1.93. The highest BCUT2D eigenvalue weighted by atomic mass is 16.5. The maximum absolute atomic E-state index is 13.3. The summed E-state index contributed by atoms with van der Waals surface area (Å²) >= 11 is 0. The second kappa shape index (κ2) is 7.75. The predicted molar refractivity (Wildman–Crippen MR) is 104 cm³/mol. The quantitative estimate of drug-likeness (QED) is 0.792. The van der Waals surface area contributed by atoms with Crippen LogP contribution in [0.15, 0.2) is 30.7 Å². The molecule has 1 atom stereocenters. The fraction of sp³-hybridized carbons (Fsp3) is 0.476. The van der Waals surface area contributed by atoms with Crippen molar-refractivity contribution < 1.29 is 14.3 Å². The molecule has 0 bridgehead atoms. The topological polar surface area (TPSA) is 67.7 Å². The molecule has 3 heterocycles. The van der Waals surface area contributed by atoms with Crippen LogP contribution in [0.5, 0.6) is 0 Å². The van der Waals surface area contributed by atoms with Crippen molar-refractivity contribution in [2.24, 2.45) is 7.05 Å². The SMILES string of the molecule is CC[C@H]1COCCN1C(=O)c1cccc2c1CN(CCc1cn(C)cn1)C2=O. The smallest absolute Gasteiger partial charge is 0.254 e. The molecule has 0 aliphatic carbocycles. The summed E-state index contributed by atoms with van der Waals surface area (Å²) in [6, 6.07) is 5.58. The Labute approximate surface area is 164 Å². The Bertz CT molecular complexity index is 892. The van der Waals surface area contributed by atoms with E-state index in [1.54, 1.807) is 6.33 Å². The Morgan fingerprint density at radius 2 is 2.21 bits per heavy atom. The Kier molecular flexibility index (Phi) is 5.17. The minimum atomic E-state index is -0.00500. The van der Waals surface area contributed by atoms with Crippen LogP contribution in [0.3, 0.4) is 0 Å². The van der Waals surface area contributed by atoms with Gasteiger partial charge in [0.2, 0.25) is 0 Å². The average Bonchev–Trinajstić information content (AvgIpc) is 3.28. The second-order valence-corrected chi connectivity index (χ2v) is 7.47. The highest BCUT2D eigenvalue weighted by Crippen LogP contribution is 2.28. The third-order valence-corrected chi connectivity index (χ3v) is 5.63. The molecule has 7 nitrogen and oxygen atoms in total. The number of aryl methyl sites for hydroxylation is 1. The Morgan fingerprint density at radius 3 is 2.96 bits per heavy atom. The van der Waals surface area contributed by atoms with Gasteiger partial charge >= 0.3 is 0 Å². The van der Waals surface area contributed by atoms with Crippen molar-refractivity contribution in [1.29, 1.82) is 0 Å². The monoisotopic (exact) mass is 382 g/mol. The van der Waals surface area contributed by atoms with Gasteiger partial charge in [0, 0.05) is 50.4 Å². The lowest BCUT2D eigenvalue weighted by Crippen LogP contribution is -2.48. The van der Waals surface area contributed by atoms with Crippen molar-refractivity contribution in [3.63, 3.8) is 0 Å². The van der Waals surface area contributed by atoms with Gasteiger partial charge in [-0.2, -0.15) is 0 Å². The molecule has 2 aliphatic rings. The maximum atomic E-state index is 13.3. The van der Waals surface area contributed by atoms with Crippen LogP contribution in [0.1, 0.15) is 45.3 Å². The highest BCUT2D eigenvalue weighted by molar-refractivity contribution is 6.04. The van der Waals surface area contributed by atoms with Gasteiger partial charge in [-0.15, -0.1) is 0 Å². The molecule has 0 radical (unpaired) electrons. The summed E-state index contributed by atoms with van der Waals surface area (Å²) in [6.45, 7) is 4.87. The summed E-state index contributed by atoms with van der Waals surface area (Å²) in [5.74, 6) is 0.000904. The van der Waals surface area contributed by atoms with Crippen LogP contribution >= 0.6 is 0 Å². The van der Waals surface area contributed by atoms with Crippen LogP contribution in [0.25, 0.3) is 0 Å². The van der Waals surface area contributed by atoms with Gasteiger partial charge in [0.15, 0.2) is 0 Å². The molecular formula is C21H26N4O3. The first-order chi connectivity index (χ1) is 13.6. The van der Waals surface area contributed by atoms with E-state index in [2.05, 4.69) is 11.9 Å². The van der Waals surface area contributed by atoms with E-state index in [1.807, 2.05) is 45.8 Å². The molecular weight excluding hydrogens is 356 g/mol. The molecule has 7 heteroatoms. The van der Waals surface area contributed by atoms with Gasteiger partial charge in [-0.3, -0.25) is 9.59 Å². The number of nitrogens with zero attached hydrogens (tertiary/aromatic N) is 4. The van der Waals surface area contributed by atoms with Gasteiger partial charge in [-0.1, -0.05) is 13.0 Å². The van der Waals surface area contributed by atoms with Crippen LogP contribution in [-0.2, 0) is 24.8 Å². The molecule has 2 aliphatic heterocycles. The van der Waals surface area contributed by atoms with Crippen molar-refractivity contribution in [3.8, 4) is 0 Å². The van der Waals surface area contributed by atoms with Crippen molar-refractivity contribution in [2.75, 3.05) is 26.3 Å². The van der Waals surface area contributed by atoms with Crippen LogP contribution in [0, 0.1) is 0 Å². The van der Waals surface area contributed by atoms with E-state index in [9.17, 15) is 9.59 Å². The van der Waals surface area contributed by atoms with Crippen LogP contribution < -0.4 is 0 Å². The number of benzene rings is 1. The lowest BCUT2D eigenvalue weighted by Gasteiger charge is -2.35. The molecule has 1 aromatic heterocycles. The Morgan fingerprint density at radius 1 is 1.36 bits per heavy atom. The summed E-state index contributed by atoms with van der Waals surface area (Å²) in [6.07, 6.45) is 5.28. The van der Waals surface area contributed by atoms with E-state index < -0.39 is 0 Å².